The molecule has 1 aromatic carbocycles. The van der Waals surface area contributed by atoms with Gasteiger partial charge >= 0.3 is 0 Å². The third-order valence-corrected chi connectivity index (χ3v) is 5.09. The number of rotatable bonds is 6. The third-order valence-electron chi connectivity index (χ3n) is 3.52. The van der Waals surface area contributed by atoms with Crippen molar-refractivity contribution in [2.45, 2.75) is 19.8 Å². The number of nitrogens with zero attached hydrogens (tertiary/aromatic N) is 3. The lowest BCUT2D eigenvalue weighted by atomic mass is 10.3. The van der Waals surface area contributed by atoms with Gasteiger partial charge in [-0.25, -0.2) is 4.98 Å². The van der Waals surface area contributed by atoms with Gasteiger partial charge in [-0.3, -0.25) is 4.79 Å². The number of anilines is 1. The van der Waals surface area contributed by atoms with Crippen LogP contribution in [0.25, 0.3) is 5.69 Å². The summed E-state index contributed by atoms with van der Waals surface area (Å²) in [6, 6.07) is 9.20. The van der Waals surface area contributed by atoms with Gasteiger partial charge in [0.2, 0.25) is 0 Å². The second-order valence-electron chi connectivity index (χ2n) is 5.18. The fourth-order valence-electron chi connectivity index (χ4n) is 2.24. The maximum Gasteiger partial charge on any atom is 0.292 e. The van der Waals surface area contributed by atoms with E-state index < -0.39 is 0 Å². The molecule has 0 bridgehead atoms. The first-order chi connectivity index (χ1) is 11.7. The van der Waals surface area contributed by atoms with Gasteiger partial charge in [-0.1, -0.05) is 36.7 Å². The molecule has 7 heteroatoms. The van der Waals surface area contributed by atoms with Crippen LogP contribution in [0.3, 0.4) is 0 Å². The number of aromatic nitrogens is 3. The summed E-state index contributed by atoms with van der Waals surface area (Å²) in [5, 5.41) is 8.58. The summed E-state index contributed by atoms with van der Waals surface area (Å²) in [6.07, 6.45) is 5.27. The molecule has 0 radical (unpaired) electrons. The minimum absolute atomic E-state index is 0.141. The molecule has 0 aliphatic carbocycles. The van der Waals surface area contributed by atoms with E-state index in [-0.39, 0.29) is 10.6 Å². The van der Waals surface area contributed by atoms with Crippen molar-refractivity contribution in [1.82, 2.24) is 14.8 Å². The molecule has 24 heavy (non-hydrogen) atoms. The predicted molar refractivity (Wildman–Crippen MR) is 98.5 cm³/mol. The van der Waals surface area contributed by atoms with Crippen LogP contribution in [0.5, 0.6) is 0 Å². The van der Waals surface area contributed by atoms with Gasteiger partial charge in [-0.15, -0.1) is 11.3 Å². The highest BCUT2D eigenvalue weighted by atomic mass is 35.5. The quantitative estimate of drug-likeness (QED) is 0.730. The van der Waals surface area contributed by atoms with E-state index in [9.17, 15) is 4.79 Å². The Balaban J connectivity index is 1.71. The number of nitrogens with one attached hydrogen (secondary N) is 1. The highest BCUT2D eigenvalue weighted by molar-refractivity contribution is 7.11. The molecule has 5 nitrogen and oxygen atoms in total. The van der Waals surface area contributed by atoms with Gasteiger partial charge in [0.05, 0.1) is 22.6 Å². The SMILES string of the molecule is CCc1cnc(CCNc2cnn(-c3ccccc3)c(=O)c2Cl)s1. The lowest BCUT2D eigenvalue weighted by Crippen LogP contribution is -2.23. The summed E-state index contributed by atoms with van der Waals surface area (Å²) < 4.78 is 1.29. The monoisotopic (exact) mass is 360 g/mol. The largest absolute Gasteiger partial charge is 0.382 e. The zero-order valence-corrected chi connectivity index (χ0v) is 14.8. The number of para-hydroxylation sites is 1. The number of halogens is 1. The Morgan fingerprint density at radius 1 is 1.25 bits per heavy atom. The Kier molecular flexibility index (Phi) is 5.27. The molecule has 3 aromatic rings. The van der Waals surface area contributed by atoms with Crippen molar-refractivity contribution in [3.8, 4) is 5.69 Å². The molecule has 0 saturated carbocycles. The number of benzene rings is 1. The second-order valence-corrected chi connectivity index (χ2v) is 6.75. The van der Waals surface area contributed by atoms with Gasteiger partial charge in [0.15, 0.2) is 0 Å². The molecule has 0 fully saturated rings. The second kappa shape index (κ2) is 7.59. The number of hydrogen-bond donors (Lipinski definition) is 1. The molecule has 2 aromatic heterocycles. The Bertz CT molecular complexity index is 876. The zero-order valence-electron chi connectivity index (χ0n) is 13.2. The molecular formula is C17H17ClN4OS. The molecule has 3 rings (SSSR count). The van der Waals surface area contributed by atoms with Crippen molar-refractivity contribution >= 4 is 28.6 Å². The van der Waals surface area contributed by atoms with Crippen LogP contribution in [0.2, 0.25) is 5.02 Å². The van der Waals surface area contributed by atoms with Crippen LogP contribution in [-0.2, 0) is 12.8 Å². The highest BCUT2D eigenvalue weighted by Gasteiger charge is 2.10. The summed E-state index contributed by atoms with van der Waals surface area (Å²) in [5.41, 5.74) is 0.891. The van der Waals surface area contributed by atoms with Crippen LogP contribution < -0.4 is 10.9 Å². The average Bonchev–Trinajstić information content (AvgIpc) is 3.07. The zero-order chi connectivity index (χ0) is 16.9. The average molecular weight is 361 g/mol. The minimum Gasteiger partial charge on any atom is -0.382 e. The summed E-state index contributed by atoms with van der Waals surface area (Å²) in [6.45, 7) is 2.76. The standard InChI is InChI=1S/C17H17ClN4OS/c1-2-13-10-20-15(24-13)8-9-19-14-11-21-22(17(23)16(14)18)12-6-4-3-5-7-12/h3-7,10-11,19H,2,8-9H2,1H3. The van der Waals surface area contributed by atoms with E-state index in [0.29, 0.717) is 17.9 Å². The van der Waals surface area contributed by atoms with Crippen LogP contribution in [0.4, 0.5) is 5.69 Å². The summed E-state index contributed by atoms with van der Waals surface area (Å²) in [4.78, 5) is 18.0. The molecule has 0 atom stereocenters. The van der Waals surface area contributed by atoms with Crippen molar-refractivity contribution in [3.63, 3.8) is 0 Å². The molecule has 0 aliphatic heterocycles. The van der Waals surface area contributed by atoms with Gasteiger partial charge in [0.25, 0.3) is 5.56 Å². The Labute approximate surface area is 148 Å². The smallest absolute Gasteiger partial charge is 0.292 e. The molecule has 0 spiro atoms. The van der Waals surface area contributed by atoms with Crippen molar-refractivity contribution in [2.24, 2.45) is 0 Å². The Morgan fingerprint density at radius 3 is 2.75 bits per heavy atom. The first-order valence-corrected chi connectivity index (χ1v) is 8.89. The normalized spacial score (nSPS) is 10.8. The summed E-state index contributed by atoms with van der Waals surface area (Å²) in [5.74, 6) is 0. The van der Waals surface area contributed by atoms with Crippen LogP contribution >= 0.6 is 22.9 Å². The number of thiazole rings is 1. The van der Waals surface area contributed by atoms with Gasteiger partial charge < -0.3 is 5.32 Å². The van der Waals surface area contributed by atoms with E-state index in [0.717, 1.165) is 17.8 Å². The van der Waals surface area contributed by atoms with E-state index in [2.05, 4.69) is 22.3 Å². The number of aryl methyl sites for hydroxylation is 1. The molecule has 2 heterocycles. The third kappa shape index (κ3) is 3.66. The van der Waals surface area contributed by atoms with Crippen LogP contribution in [0, 0.1) is 0 Å². The molecule has 124 valence electrons. The van der Waals surface area contributed by atoms with Crippen LogP contribution in [-0.4, -0.2) is 21.3 Å². The molecule has 0 amide bonds. The van der Waals surface area contributed by atoms with Gasteiger partial charge in [-0.2, -0.15) is 9.78 Å². The van der Waals surface area contributed by atoms with Gasteiger partial charge in [-0.05, 0) is 18.6 Å². The van der Waals surface area contributed by atoms with Crippen molar-refractivity contribution in [2.75, 3.05) is 11.9 Å². The van der Waals surface area contributed by atoms with E-state index in [1.54, 1.807) is 17.5 Å². The van der Waals surface area contributed by atoms with E-state index >= 15 is 0 Å². The first-order valence-electron chi connectivity index (χ1n) is 7.69. The maximum absolute atomic E-state index is 12.4. The molecular weight excluding hydrogens is 344 g/mol. The maximum atomic E-state index is 12.4. The van der Waals surface area contributed by atoms with Crippen molar-refractivity contribution in [1.29, 1.82) is 0 Å². The van der Waals surface area contributed by atoms with Crippen molar-refractivity contribution < 1.29 is 0 Å². The summed E-state index contributed by atoms with van der Waals surface area (Å²) >= 11 is 7.92. The molecule has 0 saturated heterocycles. The fraction of sp³-hybridized carbons (Fsp3) is 0.235. The van der Waals surface area contributed by atoms with E-state index in [4.69, 9.17) is 11.6 Å². The fourth-order valence-corrected chi connectivity index (χ4v) is 3.30. The van der Waals surface area contributed by atoms with Crippen molar-refractivity contribution in [3.05, 3.63) is 68.0 Å². The van der Waals surface area contributed by atoms with Crippen LogP contribution in [0.15, 0.2) is 47.5 Å². The lowest BCUT2D eigenvalue weighted by Gasteiger charge is -2.09. The Hall–Kier alpha value is -2.18. The van der Waals surface area contributed by atoms with E-state index in [1.807, 2.05) is 36.5 Å². The molecule has 0 unspecified atom stereocenters. The lowest BCUT2D eigenvalue weighted by molar-refractivity contribution is 0.806. The Morgan fingerprint density at radius 2 is 2.04 bits per heavy atom. The predicted octanol–water partition coefficient (Wildman–Crippen LogP) is 3.56. The number of hydrogen-bond acceptors (Lipinski definition) is 5. The highest BCUT2D eigenvalue weighted by Crippen LogP contribution is 2.18. The van der Waals surface area contributed by atoms with Gasteiger partial charge in [0.1, 0.15) is 5.02 Å². The van der Waals surface area contributed by atoms with Crippen LogP contribution in [0.1, 0.15) is 16.8 Å². The molecule has 0 aliphatic rings. The topological polar surface area (TPSA) is 59.8 Å². The molecule has 1 N–H and O–H groups in total. The first kappa shape index (κ1) is 16.7. The van der Waals surface area contributed by atoms with E-state index in [1.165, 1.54) is 9.56 Å². The summed E-state index contributed by atoms with van der Waals surface area (Å²) in [7, 11) is 0. The van der Waals surface area contributed by atoms with Gasteiger partial charge in [0, 0.05) is 24.0 Å². The minimum atomic E-state index is -0.338.